The molecule has 88 valence electrons. The topological polar surface area (TPSA) is 22.1 Å². The van der Waals surface area contributed by atoms with Gasteiger partial charge < -0.3 is 4.74 Å². The maximum atomic E-state index is 12.3. The van der Waals surface area contributed by atoms with E-state index in [1.54, 1.807) is 6.20 Å². The Balaban J connectivity index is 2.14. The number of ether oxygens (including phenoxy) is 1. The van der Waals surface area contributed by atoms with Crippen molar-refractivity contribution < 1.29 is 17.9 Å². The molecule has 0 aliphatic heterocycles. The van der Waals surface area contributed by atoms with E-state index >= 15 is 0 Å². The first-order valence-electron chi connectivity index (χ1n) is 5.16. The van der Waals surface area contributed by atoms with Crippen LogP contribution in [0.25, 0.3) is 0 Å². The zero-order valence-electron chi connectivity index (χ0n) is 8.79. The van der Waals surface area contributed by atoms with E-state index in [1.807, 2.05) is 0 Å². The van der Waals surface area contributed by atoms with Gasteiger partial charge in [0.2, 0.25) is 0 Å². The Morgan fingerprint density at radius 2 is 2.12 bits per heavy atom. The van der Waals surface area contributed by atoms with E-state index in [4.69, 9.17) is 4.74 Å². The van der Waals surface area contributed by atoms with E-state index in [0.717, 1.165) is 25.3 Å². The summed E-state index contributed by atoms with van der Waals surface area (Å²) in [6.45, 7) is 1.01. The second kappa shape index (κ2) is 3.96. The van der Waals surface area contributed by atoms with Crippen LogP contribution in [-0.4, -0.2) is 17.3 Å². The third kappa shape index (κ3) is 2.46. The van der Waals surface area contributed by atoms with Gasteiger partial charge in [0, 0.05) is 18.0 Å². The number of rotatable bonds is 3. The summed E-state index contributed by atoms with van der Waals surface area (Å²) in [6.07, 6.45) is -1.07. The molecule has 0 spiro atoms. The highest BCUT2D eigenvalue weighted by Crippen LogP contribution is 2.44. The summed E-state index contributed by atoms with van der Waals surface area (Å²) in [5, 5.41) is 0. The lowest BCUT2D eigenvalue weighted by molar-refractivity contribution is -0.189. The number of hydrogen-bond donors (Lipinski definition) is 0. The van der Waals surface area contributed by atoms with E-state index < -0.39 is 12.3 Å². The lowest BCUT2D eigenvalue weighted by Crippen LogP contribution is -2.31. The standard InChI is InChI=1S/C11H12F3NO/c1-7(11(12,13)14)16-10-4-5-15-6-9(10)8-2-3-8/h4-8H,2-3H2,1H3/t7-/m1/s1. The van der Waals surface area contributed by atoms with Crippen molar-refractivity contribution in [1.29, 1.82) is 0 Å². The van der Waals surface area contributed by atoms with Gasteiger partial charge in [0.15, 0.2) is 6.10 Å². The van der Waals surface area contributed by atoms with E-state index in [2.05, 4.69) is 4.98 Å². The molecule has 16 heavy (non-hydrogen) atoms. The molecule has 0 bridgehead atoms. The molecule has 0 aromatic carbocycles. The summed E-state index contributed by atoms with van der Waals surface area (Å²) in [5.41, 5.74) is 0.790. The fourth-order valence-corrected chi connectivity index (χ4v) is 1.46. The molecule has 1 aliphatic rings. The van der Waals surface area contributed by atoms with E-state index in [1.165, 1.54) is 12.3 Å². The average molecular weight is 231 g/mol. The van der Waals surface area contributed by atoms with Crippen molar-refractivity contribution in [3.05, 3.63) is 24.0 Å². The van der Waals surface area contributed by atoms with Crippen molar-refractivity contribution in [3.63, 3.8) is 0 Å². The number of pyridine rings is 1. The molecule has 1 atom stereocenters. The maximum Gasteiger partial charge on any atom is 0.425 e. The number of hydrogen-bond acceptors (Lipinski definition) is 2. The molecular weight excluding hydrogens is 219 g/mol. The second-order valence-corrected chi connectivity index (χ2v) is 3.99. The Kier molecular flexibility index (Phi) is 2.78. The van der Waals surface area contributed by atoms with Gasteiger partial charge in [0.05, 0.1) is 0 Å². The Bertz CT molecular complexity index is 374. The zero-order chi connectivity index (χ0) is 11.8. The van der Waals surface area contributed by atoms with E-state index in [9.17, 15) is 13.2 Å². The van der Waals surface area contributed by atoms with Crippen molar-refractivity contribution in [2.75, 3.05) is 0 Å². The third-order valence-corrected chi connectivity index (χ3v) is 2.59. The van der Waals surface area contributed by atoms with Crippen molar-refractivity contribution >= 4 is 0 Å². The zero-order valence-corrected chi connectivity index (χ0v) is 8.79. The molecule has 0 radical (unpaired) electrons. The first-order valence-corrected chi connectivity index (χ1v) is 5.16. The molecule has 0 amide bonds. The first-order chi connectivity index (χ1) is 7.48. The number of aromatic nitrogens is 1. The van der Waals surface area contributed by atoms with Crippen molar-refractivity contribution in [1.82, 2.24) is 4.98 Å². The fraction of sp³-hybridized carbons (Fsp3) is 0.545. The smallest absolute Gasteiger partial charge is 0.425 e. The van der Waals surface area contributed by atoms with Crippen LogP contribution in [0.3, 0.4) is 0 Å². The Morgan fingerprint density at radius 1 is 1.44 bits per heavy atom. The SMILES string of the molecule is C[C@@H](Oc1ccncc1C1CC1)C(F)(F)F. The number of nitrogens with zero attached hydrogens (tertiary/aromatic N) is 1. The predicted molar refractivity (Wildman–Crippen MR) is 52.4 cm³/mol. The highest BCUT2D eigenvalue weighted by Gasteiger charge is 2.39. The second-order valence-electron chi connectivity index (χ2n) is 3.99. The minimum Gasteiger partial charge on any atom is -0.481 e. The van der Waals surface area contributed by atoms with Gasteiger partial charge in [-0.25, -0.2) is 0 Å². The largest absolute Gasteiger partial charge is 0.481 e. The molecule has 1 saturated carbocycles. The third-order valence-electron chi connectivity index (χ3n) is 2.59. The summed E-state index contributed by atoms with van der Waals surface area (Å²) < 4.78 is 42.0. The van der Waals surface area contributed by atoms with Gasteiger partial charge in [0.25, 0.3) is 0 Å². The summed E-state index contributed by atoms with van der Waals surface area (Å²) in [5.74, 6) is 0.631. The molecule has 0 saturated heterocycles. The molecule has 1 aromatic heterocycles. The molecule has 0 N–H and O–H groups in total. The summed E-state index contributed by atoms with van der Waals surface area (Å²) in [4.78, 5) is 3.91. The van der Waals surface area contributed by atoms with Crippen LogP contribution in [0, 0.1) is 0 Å². The van der Waals surface area contributed by atoms with Crippen LogP contribution in [0.15, 0.2) is 18.5 Å². The average Bonchev–Trinajstić information content (AvgIpc) is 3.00. The molecular formula is C11H12F3NO. The monoisotopic (exact) mass is 231 g/mol. The van der Waals surface area contributed by atoms with Crippen LogP contribution in [0.1, 0.15) is 31.2 Å². The molecule has 0 unspecified atom stereocenters. The lowest BCUT2D eigenvalue weighted by atomic mass is 10.2. The van der Waals surface area contributed by atoms with Crippen LogP contribution in [0.5, 0.6) is 5.75 Å². The van der Waals surface area contributed by atoms with Gasteiger partial charge in [-0.2, -0.15) is 13.2 Å². The van der Waals surface area contributed by atoms with Crippen LogP contribution in [-0.2, 0) is 0 Å². The summed E-state index contributed by atoms with van der Waals surface area (Å²) >= 11 is 0. The minimum absolute atomic E-state index is 0.308. The van der Waals surface area contributed by atoms with Crippen LogP contribution >= 0.6 is 0 Å². The Morgan fingerprint density at radius 3 is 2.69 bits per heavy atom. The lowest BCUT2D eigenvalue weighted by Gasteiger charge is -2.19. The van der Waals surface area contributed by atoms with Crippen molar-refractivity contribution in [2.45, 2.75) is 38.0 Å². The summed E-state index contributed by atoms with van der Waals surface area (Å²) in [7, 11) is 0. The molecule has 1 aromatic rings. The number of alkyl halides is 3. The molecule has 1 aliphatic carbocycles. The number of halogens is 3. The van der Waals surface area contributed by atoms with Crippen LogP contribution in [0.4, 0.5) is 13.2 Å². The van der Waals surface area contributed by atoms with Gasteiger partial charge >= 0.3 is 6.18 Å². The minimum atomic E-state index is -4.33. The quantitative estimate of drug-likeness (QED) is 0.796. The Labute approximate surface area is 91.4 Å². The first kappa shape index (κ1) is 11.2. The van der Waals surface area contributed by atoms with Crippen molar-refractivity contribution in [3.8, 4) is 5.75 Å². The highest BCUT2D eigenvalue weighted by molar-refractivity contribution is 5.36. The molecule has 5 heteroatoms. The van der Waals surface area contributed by atoms with Gasteiger partial charge in [-0.1, -0.05) is 0 Å². The van der Waals surface area contributed by atoms with Crippen LogP contribution < -0.4 is 4.74 Å². The van der Waals surface area contributed by atoms with Gasteiger partial charge in [-0.05, 0) is 31.7 Å². The maximum absolute atomic E-state index is 12.3. The van der Waals surface area contributed by atoms with E-state index in [-0.39, 0.29) is 0 Å². The summed E-state index contributed by atoms with van der Waals surface area (Å²) in [6, 6.07) is 1.50. The van der Waals surface area contributed by atoms with Gasteiger partial charge in [-0.3, -0.25) is 4.98 Å². The Hall–Kier alpha value is -1.26. The highest BCUT2D eigenvalue weighted by atomic mass is 19.4. The molecule has 2 nitrogen and oxygen atoms in total. The predicted octanol–water partition coefficient (Wildman–Crippen LogP) is 3.29. The molecule has 1 heterocycles. The van der Waals surface area contributed by atoms with Crippen LogP contribution in [0.2, 0.25) is 0 Å². The normalized spacial score (nSPS) is 18.2. The molecule has 2 rings (SSSR count). The van der Waals surface area contributed by atoms with E-state index in [0.29, 0.717) is 11.7 Å². The molecule has 1 fully saturated rings. The van der Waals surface area contributed by atoms with Gasteiger partial charge in [-0.15, -0.1) is 0 Å². The van der Waals surface area contributed by atoms with Gasteiger partial charge in [0.1, 0.15) is 5.75 Å². The fourth-order valence-electron chi connectivity index (χ4n) is 1.46. The van der Waals surface area contributed by atoms with Crippen molar-refractivity contribution in [2.24, 2.45) is 0 Å².